The number of carbonyl (C=O) groups is 1. The Morgan fingerprint density at radius 3 is 2.62 bits per heavy atom. The molecular formula is C30H34N2O2. The van der Waals surface area contributed by atoms with Gasteiger partial charge in [0.1, 0.15) is 0 Å². The molecule has 0 N–H and O–H groups in total. The lowest BCUT2D eigenvalue weighted by Gasteiger charge is -2.42. The molecule has 1 unspecified atom stereocenters. The van der Waals surface area contributed by atoms with Gasteiger partial charge in [0, 0.05) is 43.5 Å². The fraction of sp³-hybridized carbons (Fsp3) is 0.400. The molecule has 0 aliphatic carbocycles. The van der Waals surface area contributed by atoms with Crippen LogP contribution < -0.4 is 0 Å². The lowest BCUT2D eigenvalue weighted by atomic mass is 9.73. The number of benzene rings is 2. The predicted molar refractivity (Wildman–Crippen MR) is 136 cm³/mol. The second-order valence-corrected chi connectivity index (χ2v) is 9.96. The minimum Gasteiger partial charge on any atom is -0.381 e. The van der Waals surface area contributed by atoms with Crippen molar-refractivity contribution in [3.05, 3.63) is 89.6 Å². The highest BCUT2D eigenvalue weighted by Gasteiger charge is 2.43. The lowest BCUT2D eigenvalue weighted by Crippen LogP contribution is -2.51. The third-order valence-corrected chi connectivity index (χ3v) is 7.50. The summed E-state index contributed by atoms with van der Waals surface area (Å²) in [5.74, 6) is 0.579. The third-order valence-electron chi connectivity index (χ3n) is 7.50. The maximum Gasteiger partial charge on any atom is 0.229 e. The zero-order valence-corrected chi connectivity index (χ0v) is 20.1. The number of rotatable bonds is 5. The Balaban J connectivity index is 1.36. The standard InChI is InChI=1S/C30H34N2O2/c1-23-8-5-11-25(20-23)27-13-6-14-28(31-27)26-12-7-17-32(22-26)29(33)30(15-18-34-19-16-30)21-24-9-3-2-4-10-24/h2-6,8-11,13-14,20,26H,7,12,15-19,21-22H2,1H3. The zero-order chi connectivity index (χ0) is 23.4. The van der Waals surface area contributed by atoms with Crippen molar-refractivity contribution < 1.29 is 9.53 Å². The van der Waals surface area contributed by atoms with E-state index < -0.39 is 0 Å². The number of hydrogen-bond donors (Lipinski definition) is 0. The highest BCUT2D eigenvalue weighted by Crippen LogP contribution is 2.38. The molecule has 1 aromatic heterocycles. The van der Waals surface area contributed by atoms with Gasteiger partial charge in [0.15, 0.2) is 0 Å². The van der Waals surface area contributed by atoms with Gasteiger partial charge < -0.3 is 9.64 Å². The van der Waals surface area contributed by atoms with Crippen LogP contribution >= 0.6 is 0 Å². The van der Waals surface area contributed by atoms with Crippen molar-refractivity contribution in [3.63, 3.8) is 0 Å². The molecule has 1 atom stereocenters. The second-order valence-electron chi connectivity index (χ2n) is 9.96. The molecule has 3 heterocycles. The van der Waals surface area contributed by atoms with Crippen LogP contribution in [0.2, 0.25) is 0 Å². The van der Waals surface area contributed by atoms with Gasteiger partial charge >= 0.3 is 0 Å². The number of aromatic nitrogens is 1. The van der Waals surface area contributed by atoms with Crippen LogP contribution in [0, 0.1) is 12.3 Å². The second kappa shape index (κ2) is 10.1. The summed E-state index contributed by atoms with van der Waals surface area (Å²) in [6.45, 7) is 5.02. The van der Waals surface area contributed by atoms with Crippen LogP contribution in [0.3, 0.4) is 0 Å². The maximum atomic E-state index is 14.0. The summed E-state index contributed by atoms with van der Waals surface area (Å²) in [5, 5.41) is 0. The van der Waals surface area contributed by atoms with Gasteiger partial charge in [0.25, 0.3) is 0 Å². The van der Waals surface area contributed by atoms with Gasteiger partial charge in [-0.3, -0.25) is 9.78 Å². The number of carbonyl (C=O) groups excluding carboxylic acids is 1. The molecule has 2 saturated heterocycles. The van der Waals surface area contributed by atoms with E-state index in [1.165, 1.54) is 11.1 Å². The van der Waals surface area contributed by atoms with Crippen LogP contribution in [-0.4, -0.2) is 42.1 Å². The van der Waals surface area contributed by atoms with Crippen molar-refractivity contribution in [2.24, 2.45) is 5.41 Å². The van der Waals surface area contributed by atoms with E-state index in [-0.39, 0.29) is 11.3 Å². The first-order chi connectivity index (χ1) is 16.6. The van der Waals surface area contributed by atoms with Crippen LogP contribution in [0.1, 0.15) is 48.4 Å². The fourth-order valence-corrected chi connectivity index (χ4v) is 5.60. The maximum absolute atomic E-state index is 14.0. The topological polar surface area (TPSA) is 42.4 Å². The number of ether oxygens (including phenoxy) is 1. The Morgan fingerprint density at radius 2 is 1.82 bits per heavy atom. The van der Waals surface area contributed by atoms with Crippen LogP contribution in [0.15, 0.2) is 72.8 Å². The zero-order valence-electron chi connectivity index (χ0n) is 20.1. The number of aryl methyl sites for hydroxylation is 1. The first-order valence-electron chi connectivity index (χ1n) is 12.6. The van der Waals surface area contributed by atoms with Crippen LogP contribution in [0.4, 0.5) is 0 Å². The molecule has 0 saturated carbocycles. The Morgan fingerprint density at radius 1 is 1.03 bits per heavy atom. The molecule has 2 aliphatic heterocycles. The van der Waals surface area contributed by atoms with Crippen LogP contribution in [-0.2, 0) is 16.0 Å². The Kier molecular flexibility index (Phi) is 6.77. The Labute approximate surface area is 203 Å². The van der Waals surface area contributed by atoms with Crippen LogP contribution in [0.25, 0.3) is 11.3 Å². The van der Waals surface area contributed by atoms with E-state index in [4.69, 9.17) is 9.72 Å². The SMILES string of the molecule is Cc1cccc(-c2cccc(C3CCCN(C(=O)C4(Cc5ccccc5)CCOCC4)C3)n2)c1. The van der Waals surface area contributed by atoms with Gasteiger partial charge in [-0.15, -0.1) is 0 Å². The molecule has 176 valence electrons. The largest absolute Gasteiger partial charge is 0.381 e. The molecule has 4 heteroatoms. The van der Waals surface area contributed by atoms with Crippen molar-refractivity contribution in [2.45, 2.75) is 44.9 Å². The fourth-order valence-electron chi connectivity index (χ4n) is 5.60. The monoisotopic (exact) mass is 454 g/mol. The summed E-state index contributed by atoms with van der Waals surface area (Å²) in [5.41, 5.74) is 5.36. The molecule has 0 radical (unpaired) electrons. The van der Waals surface area contributed by atoms with Crippen molar-refractivity contribution in [2.75, 3.05) is 26.3 Å². The van der Waals surface area contributed by atoms with Crippen LogP contribution in [0.5, 0.6) is 0 Å². The molecule has 3 aromatic rings. The van der Waals surface area contributed by atoms with E-state index in [0.29, 0.717) is 19.1 Å². The van der Waals surface area contributed by atoms with E-state index in [0.717, 1.165) is 62.1 Å². The molecule has 0 bridgehead atoms. The molecule has 2 fully saturated rings. The van der Waals surface area contributed by atoms with Crippen molar-refractivity contribution in [3.8, 4) is 11.3 Å². The predicted octanol–water partition coefficient (Wildman–Crippen LogP) is 5.80. The van der Waals surface area contributed by atoms with Gasteiger partial charge in [-0.25, -0.2) is 0 Å². The van der Waals surface area contributed by atoms with E-state index in [9.17, 15) is 4.79 Å². The minimum atomic E-state index is -0.363. The number of hydrogen-bond acceptors (Lipinski definition) is 3. The first kappa shape index (κ1) is 22.8. The number of likely N-dealkylation sites (tertiary alicyclic amines) is 1. The summed E-state index contributed by atoms with van der Waals surface area (Å²) < 4.78 is 5.67. The normalized spacial score (nSPS) is 20.1. The van der Waals surface area contributed by atoms with Gasteiger partial charge in [-0.1, -0.05) is 60.2 Å². The number of nitrogens with zero attached hydrogens (tertiary/aromatic N) is 2. The van der Waals surface area contributed by atoms with Gasteiger partial charge in [-0.05, 0) is 62.8 Å². The van der Waals surface area contributed by atoms with Crippen molar-refractivity contribution >= 4 is 5.91 Å². The number of pyridine rings is 1. The minimum absolute atomic E-state index is 0.274. The van der Waals surface area contributed by atoms with E-state index in [1.807, 2.05) is 6.07 Å². The Bertz CT molecular complexity index is 1120. The molecular weight excluding hydrogens is 420 g/mol. The van der Waals surface area contributed by atoms with E-state index in [2.05, 4.69) is 78.6 Å². The summed E-state index contributed by atoms with van der Waals surface area (Å²) >= 11 is 0. The molecule has 2 aromatic carbocycles. The third kappa shape index (κ3) is 4.92. The van der Waals surface area contributed by atoms with Crippen molar-refractivity contribution in [1.82, 2.24) is 9.88 Å². The van der Waals surface area contributed by atoms with Gasteiger partial charge in [-0.2, -0.15) is 0 Å². The molecule has 5 rings (SSSR count). The Hall–Kier alpha value is -2.98. The molecule has 34 heavy (non-hydrogen) atoms. The highest BCUT2D eigenvalue weighted by atomic mass is 16.5. The van der Waals surface area contributed by atoms with E-state index >= 15 is 0 Å². The average molecular weight is 455 g/mol. The number of amides is 1. The highest BCUT2D eigenvalue weighted by molar-refractivity contribution is 5.83. The average Bonchev–Trinajstić information content (AvgIpc) is 2.89. The lowest BCUT2D eigenvalue weighted by molar-refractivity contribution is -0.149. The first-order valence-corrected chi connectivity index (χ1v) is 12.6. The quantitative estimate of drug-likeness (QED) is 0.489. The summed E-state index contributed by atoms with van der Waals surface area (Å²) in [6, 6.07) is 25.3. The summed E-state index contributed by atoms with van der Waals surface area (Å²) in [6.07, 6.45) is 4.47. The molecule has 2 aliphatic rings. The summed E-state index contributed by atoms with van der Waals surface area (Å²) in [4.78, 5) is 21.2. The smallest absolute Gasteiger partial charge is 0.229 e. The van der Waals surface area contributed by atoms with Gasteiger partial charge in [0.2, 0.25) is 5.91 Å². The molecule has 0 spiro atoms. The summed E-state index contributed by atoms with van der Waals surface area (Å²) in [7, 11) is 0. The van der Waals surface area contributed by atoms with Gasteiger partial charge in [0.05, 0.1) is 11.1 Å². The molecule has 1 amide bonds. The van der Waals surface area contributed by atoms with E-state index in [1.54, 1.807) is 0 Å². The number of piperidine rings is 1. The van der Waals surface area contributed by atoms with Crippen molar-refractivity contribution in [1.29, 1.82) is 0 Å². The molecule has 4 nitrogen and oxygen atoms in total.